The molecule has 5 nitrogen and oxygen atoms in total. The molecule has 1 heterocycles. The van der Waals surface area contributed by atoms with E-state index in [0.29, 0.717) is 23.2 Å². The lowest BCUT2D eigenvalue weighted by molar-refractivity contribution is 0.0953. The van der Waals surface area contributed by atoms with Gasteiger partial charge in [0, 0.05) is 16.5 Å². The standard InChI is InChI=1S/C26H17F2N3O2/c27-21-12-9-17(13-22(21)28)14-29-30-25(32)19-10-7-16(8-11-19)15-31-23-6-2-4-18-3-1-5-20(24(18)23)26(31)33/h1-14H,15H2,(H,30,32)/b29-14+. The van der Waals surface area contributed by atoms with Crippen molar-refractivity contribution in [3.05, 3.63) is 113 Å². The fraction of sp³-hybridized carbons (Fsp3) is 0.0385. The zero-order valence-electron chi connectivity index (χ0n) is 17.3. The van der Waals surface area contributed by atoms with Crippen LogP contribution in [0.1, 0.15) is 31.8 Å². The molecule has 2 amide bonds. The second-order valence-corrected chi connectivity index (χ2v) is 7.64. The summed E-state index contributed by atoms with van der Waals surface area (Å²) in [6.45, 7) is 0.378. The maximum Gasteiger partial charge on any atom is 0.271 e. The van der Waals surface area contributed by atoms with E-state index in [1.807, 2.05) is 36.4 Å². The average molecular weight is 441 g/mol. The zero-order chi connectivity index (χ0) is 22.9. The van der Waals surface area contributed by atoms with Gasteiger partial charge in [0.1, 0.15) is 0 Å². The number of carbonyl (C=O) groups is 2. The summed E-state index contributed by atoms with van der Waals surface area (Å²) in [6.07, 6.45) is 1.23. The Morgan fingerprint density at radius 2 is 1.70 bits per heavy atom. The molecule has 0 atom stereocenters. The van der Waals surface area contributed by atoms with E-state index in [1.165, 1.54) is 12.3 Å². The highest BCUT2D eigenvalue weighted by Gasteiger charge is 2.29. The Morgan fingerprint density at radius 3 is 2.45 bits per heavy atom. The van der Waals surface area contributed by atoms with Crippen LogP contribution in [0.3, 0.4) is 0 Å². The number of halogens is 2. The monoisotopic (exact) mass is 441 g/mol. The molecule has 0 fully saturated rings. The minimum atomic E-state index is -0.989. The molecule has 0 aliphatic carbocycles. The summed E-state index contributed by atoms with van der Waals surface area (Å²) in [6, 6.07) is 21.7. The lowest BCUT2D eigenvalue weighted by Gasteiger charge is -2.18. The Labute approximate surface area is 188 Å². The normalized spacial score (nSPS) is 12.7. The first-order valence-corrected chi connectivity index (χ1v) is 10.2. The number of hydrogen-bond donors (Lipinski definition) is 1. The predicted octanol–water partition coefficient (Wildman–Crippen LogP) is 5.04. The second kappa shape index (κ2) is 8.27. The molecule has 0 radical (unpaired) electrons. The molecule has 0 spiro atoms. The first-order chi connectivity index (χ1) is 16.0. The van der Waals surface area contributed by atoms with E-state index >= 15 is 0 Å². The van der Waals surface area contributed by atoms with Crippen LogP contribution in [0.4, 0.5) is 14.5 Å². The molecule has 4 aromatic rings. The van der Waals surface area contributed by atoms with Gasteiger partial charge >= 0.3 is 0 Å². The number of amides is 2. The van der Waals surface area contributed by atoms with Gasteiger partial charge in [-0.25, -0.2) is 14.2 Å². The van der Waals surface area contributed by atoms with Gasteiger partial charge in [0.2, 0.25) is 0 Å². The number of nitrogens with one attached hydrogen (secondary N) is 1. The smallest absolute Gasteiger partial charge is 0.271 e. The first kappa shape index (κ1) is 20.5. The summed E-state index contributed by atoms with van der Waals surface area (Å²) >= 11 is 0. The number of rotatable bonds is 5. The van der Waals surface area contributed by atoms with Crippen molar-refractivity contribution in [3.63, 3.8) is 0 Å². The summed E-state index contributed by atoms with van der Waals surface area (Å²) in [7, 11) is 0. The highest BCUT2D eigenvalue weighted by atomic mass is 19.2. The third kappa shape index (κ3) is 3.85. The molecule has 1 aliphatic rings. The zero-order valence-corrected chi connectivity index (χ0v) is 17.3. The van der Waals surface area contributed by atoms with Gasteiger partial charge < -0.3 is 4.90 Å². The summed E-state index contributed by atoms with van der Waals surface area (Å²) < 4.78 is 26.2. The SMILES string of the molecule is O=C(N/N=C/c1ccc(F)c(F)c1)c1ccc(CN2C(=O)c3cccc4cccc2c34)cc1. The molecule has 7 heteroatoms. The van der Waals surface area contributed by atoms with Gasteiger partial charge in [0.05, 0.1) is 18.4 Å². The Morgan fingerprint density at radius 1 is 0.939 bits per heavy atom. The van der Waals surface area contributed by atoms with Crippen molar-refractivity contribution >= 4 is 34.5 Å². The largest absolute Gasteiger partial charge is 0.303 e. The number of carbonyl (C=O) groups excluding carboxylic acids is 2. The molecule has 5 rings (SSSR count). The number of hydrogen-bond acceptors (Lipinski definition) is 3. The fourth-order valence-electron chi connectivity index (χ4n) is 3.90. The van der Waals surface area contributed by atoms with E-state index in [4.69, 9.17) is 0 Å². The Bertz CT molecular complexity index is 1430. The molecule has 1 N–H and O–H groups in total. The van der Waals surface area contributed by atoms with Crippen molar-refractivity contribution in [2.45, 2.75) is 6.54 Å². The molecule has 0 aromatic heterocycles. The molecule has 0 unspecified atom stereocenters. The minimum Gasteiger partial charge on any atom is -0.303 e. The van der Waals surface area contributed by atoms with Crippen molar-refractivity contribution in [2.75, 3.05) is 4.90 Å². The van der Waals surface area contributed by atoms with Crippen LogP contribution in [0.5, 0.6) is 0 Å². The molecule has 0 bridgehead atoms. The molecule has 33 heavy (non-hydrogen) atoms. The fourth-order valence-corrected chi connectivity index (χ4v) is 3.90. The van der Waals surface area contributed by atoms with Crippen LogP contribution < -0.4 is 10.3 Å². The summed E-state index contributed by atoms with van der Waals surface area (Å²) in [5.41, 5.74) is 5.49. The van der Waals surface area contributed by atoms with Crippen LogP contribution >= 0.6 is 0 Å². The van der Waals surface area contributed by atoms with Gasteiger partial charge in [-0.1, -0.05) is 42.5 Å². The molecule has 0 saturated carbocycles. The number of benzene rings is 4. The lowest BCUT2D eigenvalue weighted by Crippen LogP contribution is -2.26. The van der Waals surface area contributed by atoms with Crippen molar-refractivity contribution in [2.24, 2.45) is 5.10 Å². The molecule has 1 aliphatic heterocycles. The highest BCUT2D eigenvalue weighted by Crippen LogP contribution is 2.37. The van der Waals surface area contributed by atoms with Crippen molar-refractivity contribution < 1.29 is 18.4 Å². The maximum atomic E-state index is 13.2. The minimum absolute atomic E-state index is 0.0461. The Hall–Kier alpha value is -4.39. The van der Waals surface area contributed by atoms with Crippen LogP contribution in [0.2, 0.25) is 0 Å². The third-order valence-electron chi connectivity index (χ3n) is 5.53. The van der Waals surface area contributed by atoms with E-state index in [0.717, 1.165) is 34.2 Å². The quantitative estimate of drug-likeness (QED) is 0.348. The maximum absolute atomic E-state index is 13.2. The number of anilines is 1. The van der Waals surface area contributed by atoms with E-state index in [1.54, 1.807) is 29.2 Å². The predicted molar refractivity (Wildman–Crippen MR) is 122 cm³/mol. The van der Waals surface area contributed by atoms with E-state index in [2.05, 4.69) is 10.5 Å². The number of hydrazone groups is 1. The molecule has 162 valence electrons. The van der Waals surface area contributed by atoms with Crippen LogP contribution in [-0.2, 0) is 6.54 Å². The van der Waals surface area contributed by atoms with Crippen molar-refractivity contribution in [1.29, 1.82) is 0 Å². The molecular formula is C26H17F2N3O2. The van der Waals surface area contributed by atoms with Crippen LogP contribution in [-0.4, -0.2) is 18.0 Å². The Balaban J connectivity index is 1.27. The second-order valence-electron chi connectivity index (χ2n) is 7.64. The van der Waals surface area contributed by atoms with Gasteiger partial charge in [-0.2, -0.15) is 5.10 Å². The third-order valence-corrected chi connectivity index (χ3v) is 5.53. The summed E-state index contributed by atoms with van der Waals surface area (Å²) in [4.78, 5) is 27.0. The number of nitrogens with zero attached hydrogens (tertiary/aromatic N) is 2. The van der Waals surface area contributed by atoms with E-state index in [-0.39, 0.29) is 5.91 Å². The van der Waals surface area contributed by atoms with Gasteiger partial charge in [0.25, 0.3) is 11.8 Å². The average Bonchev–Trinajstić information content (AvgIpc) is 3.10. The first-order valence-electron chi connectivity index (χ1n) is 10.2. The van der Waals surface area contributed by atoms with Crippen molar-refractivity contribution in [3.8, 4) is 0 Å². The topological polar surface area (TPSA) is 61.8 Å². The molecular weight excluding hydrogens is 424 g/mol. The lowest BCUT2D eigenvalue weighted by atomic mass is 10.1. The van der Waals surface area contributed by atoms with Crippen LogP contribution in [0.25, 0.3) is 10.8 Å². The van der Waals surface area contributed by atoms with Crippen LogP contribution in [0, 0.1) is 11.6 Å². The van der Waals surface area contributed by atoms with Gasteiger partial charge in [0.15, 0.2) is 11.6 Å². The Kier molecular flexibility index (Phi) is 5.14. The summed E-state index contributed by atoms with van der Waals surface area (Å²) in [5, 5.41) is 5.77. The van der Waals surface area contributed by atoms with E-state index in [9.17, 15) is 18.4 Å². The van der Waals surface area contributed by atoms with E-state index < -0.39 is 17.5 Å². The van der Waals surface area contributed by atoms with Crippen LogP contribution in [0.15, 0.2) is 84.0 Å². The van der Waals surface area contributed by atoms with Gasteiger partial charge in [-0.05, 0) is 52.9 Å². The van der Waals surface area contributed by atoms with Gasteiger partial charge in [-0.3, -0.25) is 9.59 Å². The van der Waals surface area contributed by atoms with Crippen molar-refractivity contribution in [1.82, 2.24) is 5.43 Å². The molecule has 4 aromatic carbocycles. The molecule has 0 saturated heterocycles. The van der Waals surface area contributed by atoms with Gasteiger partial charge in [-0.15, -0.1) is 0 Å². The summed E-state index contributed by atoms with van der Waals surface area (Å²) in [5.74, 6) is -2.44. The highest BCUT2D eigenvalue weighted by molar-refractivity contribution is 6.24.